The van der Waals surface area contributed by atoms with Crippen LogP contribution in [0.5, 0.6) is 0 Å². The van der Waals surface area contributed by atoms with E-state index >= 15 is 0 Å². The first-order chi connectivity index (χ1) is 9.12. The molecule has 2 rings (SSSR count). The van der Waals surface area contributed by atoms with E-state index in [2.05, 4.69) is 34.2 Å². The number of anilines is 3. The van der Waals surface area contributed by atoms with Crippen LogP contribution in [-0.4, -0.2) is 19.7 Å². The Kier molecular flexibility index (Phi) is 3.99. The fourth-order valence-corrected chi connectivity index (χ4v) is 1.96. The Morgan fingerprint density at radius 2 is 2.11 bits per heavy atom. The van der Waals surface area contributed by atoms with E-state index in [-0.39, 0.29) is 0 Å². The highest BCUT2D eigenvalue weighted by atomic mass is 15.3. The predicted octanol–water partition coefficient (Wildman–Crippen LogP) is 2.05. The van der Waals surface area contributed by atoms with Gasteiger partial charge in [-0.2, -0.15) is 5.10 Å². The van der Waals surface area contributed by atoms with Crippen LogP contribution in [0.25, 0.3) is 0 Å². The number of nitrogens with two attached hydrogens (primary N) is 1. The lowest BCUT2D eigenvalue weighted by Gasteiger charge is -2.07. The van der Waals surface area contributed by atoms with Crippen LogP contribution >= 0.6 is 0 Å². The minimum absolute atomic E-state index is 0.489. The molecule has 6 heteroatoms. The highest BCUT2D eigenvalue weighted by Gasteiger charge is 2.08. The summed E-state index contributed by atoms with van der Waals surface area (Å²) < 4.78 is 1.79. The molecule has 0 aromatic carbocycles. The highest BCUT2D eigenvalue weighted by Crippen LogP contribution is 2.20. The summed E-state index contributed by atoms with van der Waals surface area (Å²) in [6.07, 6.45) is 4.63. The third kappa shape index (κ3) is 3.21. The third-order valence-electron chi connectivity index (χ3n) is 2.77. The molecule has 0 saturated heterocycles. The van der Waals surface area contributed by atoms with Gasteiger partial charge in [0.25, 0.3) is 0 Å². The van der Waals surface area contributed by atoms with Gasteiger partial charge in [0.2, 0.25) is 0 Å². The van der Waals surface area contributed by atoms with Gasteiger partial charge in [-0.3, -0.25) is 4.68 Å². The zero-order valence-corrected chi connectivity index (χ0v) is 11.6. The van der Waals surface area contributed by atoms with Crippen molar-refractivity contribution >= 4 is 17.3 Å². The number of nitrogens with zero attached hydrogens (tertiary/aromatic N) is 4. The molecular weight excluding hydrogens is 240 g/mol. The molecule has 0 spiro atoms. The van der Waals surface area contributed by atoms with Crippen molar-refractivity contribution in [3.05, 3.63) is 23.8 Å². The number of nitrogen functional groups attached to an aromatic ring is 1. The lowest BCUT2D eigenvalue weighted by atomic mass is 10.3. The maximum atomic E-state index is 5.81. The molecule has 2 heterocycles. The van der Waals surface area contributed by atoms with E-state index < -0.39 is 0 Å². The average molecular weight is 260 g/mol. The maximum Gasteiger partial charge on any atom is 0.136 e. The van der Waals surface area contributed by atoms with E-state index in [0.717, 1.165) is 42.3 Å². The molecule has 102 valence electrons. The second-order valence-electron chi connectivity index (χ2n) is 4.49. The van der Waals surface area contributed by atoms with Gasteiger partial charge in [-0.15, -0.1) is 0 Å². The smallest absolute Gasteiger partial charge is 0.136 e. The van der Waals surface area contributed by atoms with Gasteiger partial charge in [0.05, 0.1) is 11.4 Å². The lowest BCUT2D eigenvalue weighted by molar-refractivity contribution is 0.746. The molecule has 2 aromatic rings. The fraction of sp³-hybridized carbons (Fsp3) is 0.462. The molecule has 0 aliphatic heterocycles. The fourth-order valence-electron chi connectivity index (χ4n) is 1.96. The Labute approximate surface area is 113 Å². The van der Waals surface area contributed by atoms with Crippen LogP contribution in [0.1, 0.15) is 31.8 Å². The molecule has 0 atom stereocenters. The summed E-state index contributed by atoms with van der Waals surface area (Å²) in [5, 5.41) is 7.66. The summed E-state index contributed by atoms with van der Waals surface area (Å²) in [6.45, 7) is 4.17. The summed E-state index contributed by atoms with van der Waals surface area (Å²) in [7, 11) is 1.90. The van der Waals surface area contributed by atoms with E-state index in [1.165, 1.54) is 0 Å². The average Bonchev–Trinajstić information content (AvgIpc) is 2.69. The number of nitrogens with one attached hydrogen (secondary N) is 1. The zero-order valence-electron chi connectivity index (χ0n) is 11.6. The first-order valence-corrected chi connectivity index (χ1v) is 6.55. The van der Waals surface area contributed by atoms with Crippen molar-refractivity contribution in [1.29, 1.82) is 0 Å². The molecule has 6 nitrogen and oxygen atoms in total. The van der Waals surface area contributed by atoms with Gasteiger partial charge in [0.1, 0.15) is 17.5 Å². The molecule has 0 amide bonds. The van der Waals surface area contributed by atoms with Crippen molar-refractivity contribution in [1.82, 2.24) is 19.7 Å². The molecule has 0 aliphatic carbocycles. The Hall–Kier alpha value is -2.11. The minimum Gasteiger partial charge on any atom is -0.384 e. The second kappa shape index (κ2) is 5.69. The Balaban J connectivity index is 2.26. The van der Waals surface area contributed by atoms with Crippen molar-refractivity contribution in [2.75, 3.05) is 11.1 Å². The Morgan fingerprint density at radius 3 is 2.79 bits per heavy atom. The molecular formula is C13H20N6. The van der Waals surface area contributed by atoms with E-state index in [1.54, 1.807) is 10.7 Å². The van der Waals surface area contributed by atoms with Gasteiger partial charge in [0, 0.05) is 25.7 Å². The van der Waals surface area contributed by atoms with Gasteiger partial charge in [-0.1, -0.05) is 13.8 Å². The van der Waals surface area contributed by atoms with Crippen LogP contribution in [0.3, 0.4) is 0 Å². The first kappa shape index (κ1) is 13.3. The number of hydrogen-bond acceptors (Lipinski definition) is 5. The van der Waals surface area contributed by atoms with Gasteiger partial charge >= 0.3 is 0 Å². The summed E-state index contributed by atoms with van der Waals surface area (Å²) in [5.74, 6) is 1.98. The largest absolute Gasteiger partial charge is 0.384 e. The van der Waals surface area contributed by atoms with Gasteiger partial charge in [-0.25, -0.2) is 9.97 Å². The van der Waals surface area contributed by atoms with Crippen LogP contribution in [-0.2, 0) is 19.9 Å². The number of rotatable bonds is 5. The molecule has 0 saturated carbocycles. The molecule has 3 N–H and O–H groups in total. The molecule has 0 radical (unpaired) electrons. The normalized spacial score (nSPS) is 10.7. The monoisotopic (exact) mass is 260 g/mol. The van der Waals surface area contributed by atoms with Gasteiger partial charge in [-0.05, 0) is 12.8 Å². The quantitative estimate of drug-likeness (QED) is 0.859. The van der Waals surface area contributed by atoms with Crippen molar-refractivity contribution in [2.24, 2.45) is 7.05 Å². The van der Waals surface area contributed by atoms with E-state index in [0.29, 0.717) is 5.82 Å². The summed E-state index contributed by atoms with van der Waals surface area (Å²) >= 11 is 0. The summed E-state index contributed by atoms with van der Waals surface area (Å²) in [4.78, 5) is 8.68. The molecule has 19 heavy (non-hydrogen) atoms. The third-order valence-corrected chi connectivity index (χ3v) is 2.77. The molecule has 0 aliphatic rings. The number of aryl methyl sites for hydroxylation is 3. The van der Waals surface area contributed by atoms with Crippen molar-refractivity contribution < 1.29 is 0 Å². The lowest BCUT2D eigenvalue weighted by Crippen LogP contribution is -2.04. The standard InChI is InChI=1S/C13H20N6/c1-4-6-12-16-11(14)7-13(17-12)15-10-8-19(3)18-9(10)5-2/h7-8H,4-6H2,1-3H3,(H3,14,15,16,17). The van der Waals surface area contributed by atoms with Crippen LogP contribution < -0.4 is 11.1 Å². The molecule has 0 unspecified atom stereocenters. The first-order valence-electron chi connectivity index (χ1n) is 6.55. The summed E-state index contributed by atoms with van der Waals surface area (Å²) in [6, 6.07) is 1.74. The number of aromatic nitrogens is 4. The highest BCUT2D eigenvalue weighted by molar-refractivity contribution is 5.60. The van der Waals surface area contributed by atoms with Crippen LogP contribution in [0.4, 0.5) is 17.3 Å². The maximum absolute atomic E-state index is 5.81. The predicted molar refractivity (Wildman–Crippen MR) is 76.3 cm³/mol. The Bertz CT molecular complexity index is 560. The van der Waals surface area contributed by atoms with E-state index in [1.807, 2.05) is 13.2 Å². The second-order valence-corrected chi connectivity index (χ2v) is 4.49. The minimum atomic E-state index is 0.489. The van der Waals surface area contributed by atoms with Crippen molar-refractivity contribution in [3.8, 4) is 0 Å². The van der Waals surface area contributed by atoms with Crippen LogP contribution in [0, 0.1) is 0 Å². The van der Waals surface area contributed by atoms with Crippen LogP contribution in [0.2, 0.25) is 0 Å². The number of hydrogen-bond donors (Lipinski definition) is 2. The van der Waals surface area contributed by atoms with E-state index in [9.17, 15) is 0 Å². The SMILES string of the molecule is CCCc1nc(N)cc(Nc2cn(C)nc2CC)n1. The molecule has 0 bridgehead atoms. The molecule has 2 aromatic heterocycles. The zero-order chi connectivity index (χ0) is 13.8. The van der Waals surface area contributed by atoms with Gasteiger partial charge in [0.15, 0.2) is 0 Å². The van der Waals surface area contributed by atoms with Crippen LogP contribution in [0.15, 0.2) is 12.3 Å². The van der Waals surface area contributed by atoms with Crippen molar-refractivity contribution in [3.63, 3.8) is 0 Å². The molecule has 0 fully saturated rings. The van der Waals surface area contributed by atoms with Gasteiger partial charge < -0.3 is 11.1 Å². The summed E-state index contributed by atoms with van der Waals surface area (Å²) in [5.41, 5.74) is 7.78. The van der Waals surface area contributed by atoms with Crippen molar-refractivity contribution in [2.45, 2.75) is 33.1 Å². The van der Waals surface area contributed by atoms with E-state index in [4.69, 9.17) is 5.73 Å². The Morgan fingerprint density at radius 1 is 1.32 bits per heavy atom. The topological polar surface area (TPSA) is 81.6 Å².